The second-order valence-electron chi connectivity index (χ2n) is 10.8. The van der Waals surface area contributed by atoms with Crippen molar-refractivity contribution < 1.29 is 13.9 Å². The van der Waals surface area contributed by atoms with Gasteiger partial charge in [-0.25, -0.2) is 0 Å². The molecule has 0 radical (unpaired) electrons. The second-order valence-corrected chi connectivity index (χ2v) is 12.1. The minimum absolute atomic E-state index is 0.524. The van der Waals surface area contributed by atoms with Crippen LogP contribution in [0, 0.1) is 0 Å². The van der Waals surface area contributed by atoms with Gasteiger partial charge in [-0.2, -0.15) is 0 Å². The number of quaternary nitrogens is 1. The largest absolute Gasteiger partial charge is 0.590 e. The average molecular weight is 471 g/mol. The monoisotopic (exact) mass is 470 g/mol. The van der Waals surface area contributed by atoms with Gasteiger partial charge in [0.05, 0.1) is 21.1 Å². The van der Waals surface area contributed by atoms with Crippen LogP contribution in [-0.4, -0.2) is 30.9 Å². The van der Waals surface area contributed by atoms with Crippen LogP contribution in [0.5, 0.6) is 0 Å². The van der Waals surface area contributed by atoms with E-state index in [2.05, 4.69) is 26.0 Å². The molecule has 0 aromatic heterocycles. The molecule has 2 atom stereocenters. The van der Waals surface area contributed by atoms with Crippen LogP contribution in [0.15, 0.2) is 12.2 Å². The summed E-state index contributed by atoms with van der Waals surface area (Å²) in [5.41, 5.74) is 0. The summed E-state index contributed by atoms with van der Waals surface area (Å²) in [4.78, 5) is 12.1. The summed E-state index contributed by atoms with van der Waals surface area (Å²) in [7, 11) is 3.69. The summed E-state index contributed by atoms with van der Waals surface area (Å²) < 4.78 is 12.6. The Hall–Kier alpha value is -0.240. The molecular formula is C28H57NO2P+. The summed E-state index contributed by atoms with van der Waals surface area (Å²) in [6.45, 7) is 4.20. The van der Waals surface area contributed by atoms with Crippen LogP contribution in [0.3, 0.4) is 0 Å². The lowest BCUT2D eigenvalue weighted by molar-refractivity contribution is -0.910. The molecule has 4 heteroatoms. The van der Waals surface area contributed by atoms with Gasteiger partial charge in [0, 0.05) is 12.8 Å². The fourth-order valence-corrected chi connectivity index (χ4v) is 6.17. The normalized spacial score (nSPS) is 14.8. The molecule has 2 unspecified atom stereocenters. The van der Waals surface area contributed by atoms with Gasteiger partial charge in [-0.3, -0.25) is 4.48 Å². The highest BCUT2D eigenvalue weighted by molar-refractivity contribution is 7.38. The summed E-state index contributed by atoms with van der Waals surface area (Å²) in [6, 6.07) is 0. The van der Waals surface area contributed by atoms with E-state index >= 15 is 0 Å². The van der Waals surface area contributed by atoms with Gasteiger partial charge in [0.15, 0.2) is 0 Å². The quantitative estimate of drug-likeness (QED) is 0.0647. The Bertz CT molecular complexity index is 473. The van der Waals surface area contributed by atoms with Crippen molar-refractivity contribution in [1.82, 2.24) is 0 Å². The summed E-state index contributed by atoms with van der Waals surface area (Å²) in [5.74, 6) is 0. The molecule has 0 aromatic rings. The minimum Gasteiger partial charge on any atom is -0.590 e. The van der Waals surface area contributed by atoms with Gasteiger partial charge >= 0.3 is 8.03 Å². The molecule has 0 heterocycles. The maximum atomic E-state index is 12.1. The van der Waals surface area contributed by atoms with Gasteiger partial charge in [-0.15, -0.1) is 0 Å². The van der Waals surface area contributed by atoms with Gasteiger partial charge in [0.2, 0.25) is 0 Å². The fourth-order valence-electron chi connectivity index (χ4n) is 4.94. The van der Waals surface area contributed by atoms with Crippen molar-refractivity contribution in [1.29, 1.82) is 0 Å². The van der Waals surface area contributed by atoms with Crippen LogP contribution >= 0.6 is 8.03 Å². The molecule has 0 fully saturated rings. The Morgan fingerprint density at radius 2 is 1.06 bits per heavy atom. The summed E-state index contributed by atoms with van der Waals surface area (Å²) >= 11 is 0. The lowest BCUT2D eigenvalue weighted by Gasteiger charge is -2.39. The fraction of sp³-hybridized carbons (Fsp3) is 0.929. The maximum Gasteiger partial charge on any atom is 0.376 e. The lowest BCUT2D eigenvalue weighted by atomic mass is 9.99. The van der Waals surface area contributed by atoms with Gasteiger partial charge < -0.3 is 4.89 Å². The first-order chi connectivity index (χ1) is 15.3. The van der Waals surface area contributed by atoms with E-state index in [1.165, 1.54) is 103 Å². The number of hydrogen-bond donors (Lipinski definition) is 0. The first kappa shape index (κ1) is 31.8. The molecule has 0 bridgehead atoms. The molecule has 0 N–H and O–H groups in total. The van der Waals surface area contributed by atoms with E-state index in [0.717, 1.165) is 25.7 Å². The van der Waals surface area contributed by atoms with Crippen molar-refractivity contribution in [3.63, 3.8) is 0 Å². The number of allylic oxidation sites excluding steroid dienone is 2. The molecular weight excluding hydrogens is 413 g/mol. The molecule has 0 saturated heterocycles. The third-order valence-electron chi connectivity index (χ3n) is 7.17. The van der Waals surface area contributed by atoms with Crippen LogP contribution < -0.4 is 4.89 Å². The molecule has 3 nitrogen and oxygen atoms in total. The number of unbranched alkanes of at least 4 members (excludes halogenated alkanes) is 16. The van der Waals surface area contributed by atoms with E-state index in [9.17, 15) is 9.46 Å². The molecule has 0 aliphatic rings. The zero-order chi connectivity index (χ0) is 24.1. The number of rotatable bonds is 23. The highest BCUT2D eigenvalue weighted by Gasteiger charge is 2.53. The first-order valence-electron chi connectivity index (χ1n) is 13.9. The SMILES string of the molecule is CC=CCCCCCCCCCCCCCCCCCCC(CCC)([P+](=O)[O-])[N+](C)(C)C. The molecule has 0 spiro atoms. The predicted molar refractivity (Wildman–Crippen MR) is 141 cm³/mol. The maximum absolute atomic E-state index is 12.1. The summed E-state index contributed by atoms with van der Waals surface area (Å²) in [6.07, 6.45) is 29.8. The van der Waals surface area contributed by atoms with E-state index < -0.39 is 13.3 Å². The molecule has 0 rings (SSSR count). The highest BCUT2D eigenvalue weighted by Crippen LogP contribution is 2.45. The molecule has 0 aliphatic carbocycles. The Kier molecular flexibility index (Phi) is 20.0. The number of nitrogens with zero attached hydrogens (tertiary/aromatic N) is 1. The second kappa shape index (κ2) is 20.2. The highest BCUT2D eigenvalue weighted by atomic mass is 31.1. The molecule has 0 aromatic carbocycles. The first-order valence-corrected chi connectivity index (χ1v) is 15.1. The predicted octanol–water partition coefficient (Wildman–Crippen LogP) is 8.89. The van der Waals surface area contributed by atoms with Crippen LogP contribution in [0.2, 0.25) is 0 Å². The standard InChI is InChI=1S/C28H57NO2P/c1-6-8-9-10-11-12-13-14-15-16-17-18-19-20-21-22-23-24-25-27-28(26-7-2,32(30)31)29(3,4)5/h6,8H,7,9-27H2,1-5H3/q+1. The van der Waals surface area contributed by atoms with Crippen molar-refractivity contribution >= 4 is 8.03 Å². The molecule has 190 valence electrons. The zero-order valence-corrected chi connectivity index (χ0v) is 23.4. The van der Waals surface area contributed by atoms with E-state index in [-0.39, 0.29) is 0 Å². The third kappa shape index (κ3) is 14.8. The van der Waals surface area contributed by atoms with Crippen LogP contribution in [-0.2, 0) is 4.57 Å². The van der Waals surface area contributed by atoms with E-state index in [4.69, 9.17) is 0 Å². The van der Waals surface area contributed by atoms with Crippen LogP contribution in [0.25, 0.3) is 0 Å². The summed E-state index contributed by atoms with van der Waals surface area (Å²) in [5, 5.41) is -0.587. The Morgan fingerprint density at radius 3 is 1.38 bits per heavy atom. The molecule has 0 saturated carbocycles. The van der Waals surface area contributed by atoms with Gasteiger partial charge in [-0.1, -0.05) is 114 Å². The van der Waals surface area contributed by atoms with Gasteiger partial charge in [0.25, 0.3) is 5.28 Å². The van der Waals surface area contributed by atoms with Crippen molar-refractivity contribution in [2.45, 2.75) is 148 Å². The van der Waals surface area contributed by atoms with Crippen LogP contribution in [0.4, 0.5) is 0 Å². The Balaban J connectivity index is 3.56. The lowest BCUT2D eigenvalue weighted by Crippen LogP contribution is -2.55. The number of hydrogen-bond acceptors (Lipinski definition) is 2. The molecule has 0 amide bonds. The third-order valence-corrected chi connectivity index (χ3v) is 8.90. The molecule has 0 aliphatic heterocycles. The van der Waals surface area contributed by atoms with Crippen molar-refractivity contribution in [2.24, 2.45) is 0 Å². The van der Waals surface area contributed by atoms with Gasteiger partial charge in [-0.05, 0) is 32.6 Å². The smallest absolute Gasteiger partial charge is 0.376 e. The van der Waals surface area contributed by atoms with Crippen molar-refractivity contribution in [3.8, 4) is 0 Å². The topological polar surface area (TPSA) is 40.1 Å². The van der Waals surface area contributed by atoms with Gasteiger partial charge in [0.1, 0.15) is 0 Å². The average Bonchev–Trinajstić information content (AvgIpc) is 2.73. The zero-order valence-electron chi connectivity index (χ0n) is 22.5. The van der Waals surface area contributed by atoms with Crippen molar-refractivity contribution in [3.05, 3.63) is 12.2 Å². The minimum atomic E-state index is -2.42. The Labute approximate surface area is 202 Å². The van der Waals surface area contributed by atoms with E-state index in [0.29, 0.717) is 4.48 Å². The Morgan fingerprint density at radius 1 is 0.688 bits per heavy atom. The van der Waals surface area contributed by atoms with E-state index in [1.54, 1.807) is 0 Å². The van der Waals surface area contributed by atoms with Crippen molar-refractivity contribution in [2.75, 3.05) is 21.1 Å². The van der Waals surface area contributed by atoms with E-state index in [1.807, 2.05) is 21.1 Å². The van der Waals surface area contributed by atoms with Crippen LogP contribution in [0.1, 0.15) is 142 Å². The molecule has 32 heavy (non-hydrogen) atoms.